The monoisotopic (exact) mass is 435 g/mol. The molecule has 0 fully saturated rings. The summed E-state index contributed by atoms with van der Waals surface area (Å²) in [6.45, 7) is 0.787. The third-order valence-corrected chi connectivity index (χ3v) is 4.34. The number of para-hydroxylation sites is 1. The Morgan fingerprint density at radius 3 is 1.90 bits per heavy atom. The Kier molecular flexibility index (Phi) is 7.56. The maximum atomic E-state index is 12.4. The smallest absolute Gasteiger partial charge is 0.257 e. The third-order valence-electron chi connectivity index (χ3n) is 4.13. The third kappa shape index (κ3) is 6.83. The fraction of sp³-hybridized carbons (Fsp3) is 0.0870. The number of hydrogen-bond donors (Lipinski definition) is 3. The second kappa shape index (κ2) is 10.7. The lowest BCUT2D eigenvalue weighted by atomic mass is 10.2. The molecule has 0 saturated heterocycles. The van der Waals surface area contributed by atoms with Crippen molar-refractivity contribution in [3.63, 3.8) is 0 Å². The maximum absolute atomic E-state index is 12.4. The van der Waals surface area contributed by atoms with E-state index in [0.717, 1.165) is 5.75 Å². The minimum absolute atomic E-state index is 0.134. The van der Waals surface area contributed by atoms with E-state index in [0.29, 0.717) is 35.8 Å². The Balaban J connectivity index is 1.43. The molecule has 3 rings (SSSR count). The van der Waals surface area contributed by atoms with E-state index in [1.807, 2.05) is 30.3 Å². The zero-order chi connectivity index (χ0) is 22.1. The van der Waals surface area contributed by atoms with E-state index in [4.69, 9.17) is 27.4 Å². The zero-order valence-electron chi connectivity index (χ0n) is 16.5. The van der Waals surface area contributed by atoms with Crippen molar-refractivity contribution in [3.8, 4) is 11.5 Å². The first-order valence-electron chi connectivity index (χ1n) is 9.44. The molecule has 0 atom stereocenters. The summed E-state index contributed by atoms with van der Waals surface area (Å²) in [6, 6.07) is 22.6. The number of hydrogen-bond acceptors (Lipinski definition) is 5. The summed E-state index contributed by atoms with van der Waals surface area (Å²) in [4.78, 5) is 23.5. The molecule has 0 heterocycles. The van der Waals surface area contributed by atoms with Crippen LogP contribution in [0.2, 0.25) is 0 Å². The van der Waals surface area contributed by atoms with Gasteiger partial charge in [-0.3, -0.25) is 14.9 Å². The first kappa shape index (κ1) is 21.8. The quantitative estimate of drug-likeness (QED) is 0.370. The van der Waals surface area contributed by atoms with Crippen molar-refractivity contribution in [3.05, 3.63) is 90.0 Å². The largest absolute Gasteiger partial charge is 0.490 e. The molecule has 4 N–H and O–H groups in total. The fourth-order valence-electron chi connectivity index (χ4n) is 2.59. The number of nitrogens with one attached hydrogen (secondary N) is 2. The van der Waals surface area contributed by atoms with Crippen LogP contribution in [0.25, 0.3) is 0 Å². The molecular weight excluding hydrogens is 414 g/mol. The topological polar surface area (TPSA) is 103 Å². The highest BCUT2D eigenvalue weighted by Gasteiger charge is 2.09. The lowest BCUT2D eigenvalue weighted by molar-refractivity contribution is 0.0975. The second-order valence-corrected chi connectivity index (χ2v) is 6.79. The SMILES string of the molecule is NC(=O)c1ccc(NC(=S)NC(=O)c2ccc(OCCOc3ccccc3)cc2)cc1. The molecule has 0 spiro atoms. The molecule has 3 aromatic rings. The molecule has 0 saturated carbocycles. The summed E-state index contributed by atoms with van der Waals surface area (Å²) < 4.78 is 11.2. The predicted octanol–water partition coefficient (Wildman–Crippen LogP) is 3.37. The average Bonchev–Trinajstić information content (AvgIpc) is 2.78. The standard InChI is InChI=1S/C23H21N3O4S/c24-21(27)16-6-10-18(11-7-16)25-23(31)26-22(28)17-8-12-20(13-9-17)30-15-14-29-19-4-2-1-3-5-19/h1-13H,14-15H2,(H2,24,27)(H2,25,26,28,31). The van der Waals surface area contributed by atoms with Crippen molar-refractivity contribution in [2.75, 3.05) is 18.5 Å². The number of thiocarbonyl (C=S) groups is 1. The summed E-state index contributed by atoms with van der Waals surface area (Å²) in [6.07, 6.45) is 0. The van der Waals surface area contributed by atoms with Crippen molar-refractivity contribution in [1.29, 1.82) is 0 Å². The van der Waals surface area contributed by atoms with Gasteiger partial charge in [0.2, 0.25) is 5.91 Å². The van der Waals surface area contributed by atoms with Gasteiger partial charge < -0.3 is 20.5 Å². The number of rotatable bonds is 8. The molecule has 2 amide bonds. The minimum atomic E-state index is -0.515. The number of nitrogens with two attached hydrogens (primary N) is 1. The van der Waals surface area contributed by atoms with Gasteiger partial charge in [0.05, 0.1) is 0 Å². The van der Waals surface area contributed by atoms with Crippen LogP contribution in [0.4, 0.5) is 5.69 Å². The fourth-order valence-corrected chi connectivity index (χ4v) is 2.80. The second-order valence-electron chi connectivity index (χ2n) is 6.38. The highest BCUT2D eigenvalue weighted by Crippen LogP contribution is 2.13. The normalized spacial score (nSPS) is 10.1. The molecule has 0 bridgehead atoms. The molecular formula is C23H21N3O4S. The number of amides is 2. The van der Waals surface area contributed by atoms with Gasteiger partial charge in [-0.1, -0.05) is 18.2 Å². The number of primary amides is 1. The van der Waals surface area contributed by atoms with Gasteiger partial charge in [-0.05, 0) is 72.9 Å². The molecule has 7 nitrogen and oxygen atoms in total. The van der Waals surface area contributed by atoms with Crippen molar-refractivity contribution in [2.45, 2.75) is 0 Å². The van der Waals surface area contributed by atoms with Crippen LogP contribution in [-0.4, -0.2) is 30.1 Å². The van der Waals surface area contributed by atoms with E-state index in [1.165, 1.54) is 0 Å². The predicted molar refractivity (Wildman–Crippen MR) is 123 cm³/mol. The summed E-state index contributed by atoms with van der Waals surface area (Å²) in [7, 11) is 0. The molecule has 31 heavy (non-hydrogen) atoms. The van der Waals surface area contributed by atoms with Gasteiger partial charge in [-0.2, -0.15) is 0 Å². The van der Waals surface area contributed by atoms with Crippen LogP contribution >= 0.6 is 12.2 Å². The molecule has 0 radical (unpaired) electrons. The van der Waals surface area contributed by atoms with Crippen molar-refractivity contribution < 1.29 is 19.1 Å². The summed E-state index contributed by atoms with van der Waals surface area (Å²) >= 11 is 5.16. The number of carbonyl (C=O) groups excluding carboxylic acids is 2. The maximum Gasteiger partial charge on any atom is 0.257 e. The van der Waals surface area contributed by atoms with Crippen LogP contribution in [0.3, 0.4) is 0 Å². The van der Waals surface area contributed by atoms with E-state index < -0.39 is 5.91 Å². The molecule has 0 unspecified atom stereocenters. The van der Waals surface area contributed by atoms with Crippen LogP contribution in [-0.2, 0) is 0 Å². The minimum Gasteiger partial charge on any atom is -0.490 e. The summed E-state index contributed by atoms with van der Waals surface area (Å²) in [5.74, 6) is 0.541. The van der Waals surface area contributed by atoms with Gasteiger partial charge in [-0.15, -0.1) is 0 Å². The van der Waals surface area contributed by atoms with Gasteiger partial charge >= 0.3 is 0 Å². The Hall–Kier alpha value is -3.91. The summed E-state index contributed by atoms with van der Waals surface area (Å²) in [5, 5.41) is 5.61. The van der Waals surface area contributed by atoms with Crippen LogP contribution in [0.15, 0.2) is 78.9 Å². The van der Waals surface area contributed by atoms with Gasteiger partial charge in [0, 0.05) is 16.8 Å². The Morgan fingerprint density at radius 1 is 0.774 bits per heavy atom. The van der Waals surface area contributed by atoms with E-state index in [2.05, 4.69) is 10.6 Å². The highest BCUT2D eigenvalue weighted by molar-refractivity contribution is 7.80. The molecule has 0 aliphatic carbocycles. The number of benzene rings is 3. The Labute approximate surface area is 185 Å². The molecule has 0 aliphatic heterocycles. The van der Waals surface area contributed by atoms with E-state index in [1.54, 1.807) is 48.5 Å². The average molecular weight is 436 g/mol. The Morgan fingerprint density at radius 2 is 1.32 bits per heavy atom. The molecule has 0 aliphatic rings. The lowest BCUT2D eigenvalue weighted by Crippen LogP contribution is -2.34. The first-order chi connectivity index (χ1) is 15.0. The van der Waals surface area contributed by atoms with Crippen LogP contribution in [0.1, 0.15) is 20.7 Å². The van der Waals surface area contributed by atoms with E-state index in [9.17, 15) is 9.59 Å². The van der Waals surface area contributed by atoms with Gasteiger partial charge in [0.15, 0.2) is 5.11 Å². The molecule has 3 aromatic carbocycles. The van der Waals surface area contributed by atoms with Crippen LogP contribution in [0, 0.1) is 0 Å². The number of anilines is 1. The Bertz CT molecular complexity index is 1040. The van der Waals surface area contributed by atoms with Crippen LogP contribution in [0.5, 0.6) is 11.5 Å². The molecule has 0 aromatic heterocycles. The van der Waals surface area contributed by atoms with Crippen molar-refractivity contribution >= 4 is 34.8 Å². The summed E-state index contributed by atoms with van der Waals surface area (Å²) in [5.41, 5.74) is 6.64. The van der Waals surface area contributed by atoms with Gasteiger partial charge in [-0.25, -0.2) is 0 Å². The van der Waals surface area contributed by atoms with E-state index >= 15 is 0 Å². The molecule has 8 heteroatoms. The van der Waals surface area contributed by atoms with Crippen molar-refractivity contribution in [2.24, 2.45) is 5.73 Å². The zero-order valence-corrected chi connectivity index (χ0v) is 17.4. The van der Waals surface area contributed by atoms with E-state index in [-0.39, 0.29) is 11.0 Å². The number of ether oxygens (including phenoxy) is 2. The number of carbonyl (C=O) groups is 2. The van der Waals surface area contributed by atoms with Crippen LogP contribution < -0.4 is 25.8 Å². The van der Waals surface area contributed by atoms with Gasteiger partial charge in [0.1, 0.15) is 24.7 Å². The molecule has 158 valence electrons. The van der Waals surface area contributed by atoms with Gasteiger partial charge in [0.25, 0.3) is 5.91 Å². The highest BCUT2D eigenvalue weighted by atomic mass is 32.1. The lowest BCUT2D eigenvalue weighted by Gasteiger charge is -2.11. The first-order valence-corrected chi connectivity index (χ1v) is 9.85. The van der Waals surface area contributed by atoms with Crippen molar-refractivity contribution in [1.82, 2.24) is 5.32 Å².